The van der Waals surface area contributed by atoms with Crippen molar-refractivity contribution < 1.29 is 10.2 Å². The zero-order chi connectivity index (χ0) is 22.8. The number of aliphatic hydroxyl groups excluding tert-OH is 2. The van der Waals surface area contributed by atoms with Gasteiger partial charge in [-0.15, -0.1) is 5.10 Å². The molecule has 0 bridgehead atoms. The highest BCUT2D eigenvalue weighted by atomic mass is 16.3. The summed E-state index contributed by atoms with van der Waals surface area (Å²) in [6, 6.07) is 9.69. The lowest BCUT2D eigenvalue weighted by molar-refractivity contribution is 0.213. The number of hydrogen-bond donors (Lipinski definition) is 2. The van der Waals surface area contributed by atoms with Crippen LogP contribution in [0.25, 0.3) is 5.76 Å². The third-order valence-corrected chi connectivity index (χ3v) is 6.06. The quantitative estimate of drug-likeness (QED) is 0.593. The zero-order valence-corrected chi connectivity index (χ0v) is 18.6. The van der Waals surface area contributed by atoms with E-state index in [9.17, 15) is 10.2 Å². The number of nitrogens with zero attached hydrogens (tertiary/aromatic N) is 6. The maximum absolute atomic E-state index is 10.8. The van der Waals surface area contributed by atoms with Gasteiger partial charge >= 0.3 is 0 Å². The maximum Gasteiger partial charge on any atom is 0.154 e. The van der Waals surface area contributed by atoms with Gasteiger partial charge in [0.05, 0.1) is 18.1 Å². The van der Waals surface area contributed by atoms with E-state index >= 15 is 0 Å². The minimum Gasteiger partial charge on any atom is -0.506 e. The molecule has 0 saturated carbocycles. The molecule has 1 aliphatic heterocycles. The van der Waals surface area contributed by atoms with E-state index in [1.54, 1.807) is 6.20 Å². The monoisotopic (exact) mass is 432 g/mol. The van der Waals surface area contributed by atoms with E-state index in [1.165, 1.54) is 6.20 Å². The molecule has 2 atom stereocenters. The predicted molar refractivity (Wildman–Crippen MR) is 125 cm³/mol. The van der Waals surface area contributed by atoms with Gasteiger partial charge in [-0.2, -0.15) is 5.10 Å². The zero-order valence-electron chi connectivity index (χ0n) is 18.6. The van der Waals surface area contributed by atoms with E-state index < -0.39 is 6.10 Å². The van der Waals surface area contributed by atoms with Crippen LogP contribution in [0.3, 0.4) is 0 Å². The summed E-state index contributed by atoms with van der Waals surface area (Å²) in [5.41, 5.74) is 3.74. The lowest BCUT2D eigenvalue weighted by Gasteiger charge is -2.41. The molecule has 1 unspecified atom stereocenters. The molecule has 3 aromatic rings. The lowest BCUT2D eigenvalue weighted by Crippen LogP contribution is -2.53. The standard InChI is InChI=1S/C24H28N6O2/c1-15-14-29(10-11-30(15)21-13-25-20(12-26-21)18(4)31)24-17(3)16(2)22(27-28-24)23(32)19-8-6-5-7-9-19/h5-9,12-13,15,23,31-32H,4,10-11,14H2,1-3H3/t15-,23?/m1/s1. The number of benzene rings is 1. The first kappa shape index (κ1) is 21.7. The van der Waals surface area contributed by atoms with Crippen molar-refractivity contribution in [2.24, 2.45) is 0 Å². The van der Waals surface area contributed by atoms with Crippen molar-refractivity contribution in [2.45, 2.75) is 32.9 Å². The Morgan fingerprint density at radius 2 is 1.81 bits per heavy atom. The van der Waals surface area contributed by atoms with Crippen LogP contribution < -0.4 is 9.80 Å². The Bertz CT molecular complexity index is 1100. The normalized spacial score (nSPS) is 17.3. The predicted octanol–water partition coefficient (Wildman–Crippen LogP) is 3.21. The van der Waals surface area contributed by atoms with Gasteiger partial charge in [-0.1, -0.05) is 36.9 Å². The Morgan fingerprint density at radius 3 is 2.44 bits per heavy atom. The fourth-order valence-corrected chi connectivity index (χ4v) is 4.07. The first-order chi connectivity index (χ1) is 15.4. The highest BCUT2D eigenvalue weighted by molar-refractivity contribution is 5.54. The van der Waals surface area contributed by atoms with Gasteiger partial charge in [0.2, 0.25) is 0 Å². The summed E-state index contributed by atoms with van der Waals surface area (Å²) in [4.78, 5) is 13.1. The Balaban J connectivity index is 1.51. The summed E-state index contributed by atoms with van der Waals surface area (Å²) in [5.74, 6) is 1.52. The van der Waals surface area contributed by atoms with Crippen LogP contribution in [0.4, 0.5) is 11.6 Å². The van der Waals surface area contributed by atoms with Crippen molar-refractivity contribution in [3.8, 4) is 0 Å². The van der Waals surface area contributed by atoms with Crippen molar-refractivity contribution in [3.05, 3.63) is 77.4 Å². The Hall–Kier alpha value is -3.52. The number of rotatable bonds is 5. The fraction of sp³-hybridized carbons (Fsp3) is 0.333. The van der Waals surface area contributed by atoms with Crippen molar-refractivity contribution >= 4 is 17.4 Å². The summed E-state index contributed by atoms with van der Waals surface area (Å²) in [7, 11) is 0. The van der Waals surface area contributed by atoms with Crippen LogP contribution in [0.15, 0.2) is 49.3 Å². The van der Waals surface area contributed by atoms with Gasteiger partial charge in [-0.25, -0.2) is 9.97 Å². The van der Waals surface area contributed by atoms with Crippen LogP contribution >= 0.6 is 0 Å². The van der Waals surface area contributed by atoms with E-state index in [0.717, 1.165) is 48.0 Å². The molecule has 1 aromatic carbocycles. The van der Waals surface area contributed by atoms with Crippen molar-refractivity contribution in [3.63, 3.8) is 0 Å². The molecule has 32 heavy (non-hydrogen) atoms. The lowest BCUT2D eigenvalue weighted by atomic mass is 10.0. The average molecular weight is 433 g/mol. The second kappa shape index (κ2) is 8.92. The Kier molecular flexibility index (Phi) is 6.05. The molecule has 166 valence electrons. The number of anilines is 2. The van der Waals surface area contributed by atoms with E-state index in [0.29, 0.717) is 11.4 Å². The van der Waals surface area contributed by atoms with Crippen LogP contribution in [0.5, 0.6) is 0 Å². The van der Waals surface area contributed by atoms with Gasteiger partial charge in [0.15, 0.2) is 5.82 Å². The van der Waals surface area contributed by atoms with Crippen molar-refractivity contribution in [1.82, 2.24) is 20.2 Å². The molecule has 4 rings (SSSR count). The maximum atomic E-state index is 10.8. The van der Waals surface area contributed by atoms with Crippen LogP contribution in [0.1, 0.15) is 41.1 Å². The summed E-state index contributed by atoms with van der Waals surface area (Å²) < 4.78 is 0. The minimum absolute atomic E-state index is 0.0906. The van der Waals surface area contributed by atoms with Crippen LogP contribution in [-0.2, 0) is 0 Å². The molecule has 1 fully saturated rings. The van der Waals surface area contributed by atoms with E-state index in [4.69, 9.17) is 0 Å². The highest BCUT2D eigenvalue weighted by Crippen LogP contribution is 2.29. The van der Waals surface area contributed by atoms with E-state index in [1.807, 2.05) is 44.2 Å². The van der Waals surface area contributed by atoms with E-state index in [-0.39, 0.29) is 11.8 Å². The van der Waals surface area contributed by atoms with Crippen LogP contribution in [-0.4, -0.2) is 56.1 Å². The third-order valence-electron chi connectivity index (χ3n) is 6.06. The summed E-state index contributed by atoms with van der Waals surface area (Å²) >= 11 is 0. The number of aliphatic hydroxyl groups is 2. The minimum atomic E-state index is -0.802. The molecule has 8 heteroatoms. The Morgan fingerprint density at radius 1 is 1.06 bits per heavy atom. The first-order valence-electron chi connectivity index (χ1n) is 10.7. The molecular formula is C24H28N6O2. The summed E-state index contributed by atoms with van der Waals surface area (Å²) in [6.45, 7) is 11.9. The van der Waals surface area contributed by atoms with E-state index in [2.05, 4.69) is 43.5 Å². The fourth-order valence-electron chi connectivity index (χ4n) is 4.07. The number of hydrogen-bond acceptors (Lipinski definition) is 8. The largest absolute Gasteiger partial charge is 0.506 e. The van der Waals surface area contributed by atoms with Gasteiger partial charge in [0, 0.05) is 25.7 Å². The number of aromatic nitrogens is 4. The van der Waals surface area contributed by atoms with Gasteiger partial charge in [0.25, 0.3) is 0 Å². The molecule has 1 saturated heterocycles. The van der Waals surface area contributed by atoms with Gasteiger partial charge < -0.3 is 20.0 Å². The molecule has 0 spiro atoms. The highest BCUT2D eigenvalue weighted by Gasteiger charge is 2.28. The molecule has 0 amide bonds. The molecule has 0 aliphatic carbocycles. The molecule has 2 aromatic heterocycles. The molecule has 0 radical (unpaired) electrons. The molecular weight excluding hydrogens is 404 g/mol. The second-order valence-electron chi connectivity index (χ2n) is 8.17. The molecule has 3 heterocycles. The third kappa shape index (κ3) is 4.13. The summed E-state index contributed by atoms with van der Waals surface area (Å²) in [5, 5.41) is 29.2. The van der Waals surface area contributed by atoms with Gasteiger partial charge in [-0.05, 0) is 37.5 Å². The Labute approximate surface area is 187 Å². The van der Waals surface area contributed by atoms with Gasteiger partial charge in [0.1, 0.15) is 23.4 Å². The molecule has 2 N–H and O–H groups in total. The van der Waals surface area contributed by atoms with Crippen LogP contribution in [0, 0.1) is 13.8 Å². The van der Waals surface area contributed by atoms with Crippen molar-refractivity contribution in [2.75, 3.05) is 29.4 Å². The molecule has 1 aliphatic rings. The topological polar surface area (TPSA) is 98.5 Å². The average Bonchev–Trinajstić information content (AvgIpc) is 2.81. The smallest absolute Gasteiger partial charge is 0.154 e. The van der Waals surface area contributed by atoms with Crippen molar-refractivity contribution in [1.29, 1.82) is 0 Å². The SMILES string of the molecule is C=C(O)c1cnc(N2CCN(c3nnc(C(O)c4ccccc4)c(C)c3C)C[C@H]2C)cn1. The molecule has 8 nitrogen and oxygen atoms in total. The van der Waals surface area contributed by atoms with Crippen LogP contribution in [0.2, 0.25) is 0 Å². The van der Waals surface area contributed by atoms with Gasteiger partial charge in [-0.3, -0.25) is 0 Å². The summed E-state index contributed by atoms with van der Waals surface area (Å²) in [6.07, 6.45) is 2.40. The number of piperazine rings is 1. The second-order valence-corrected chi connectivity index (χ2v) is 8.17. The first-order valence-corrected chi connectivity index (χ1v) is 10.7.